The minimum atomic E-state index is -0.951. The maximum absolute atomic E-state index is 11.8. The molecule has 0 bridgehead atoms. The van der Waals surface area contributed by atoms with E-state index in [1.54, 1.807) is 6.92 Å². The van der Waals surface area contributed by atoms with E-state index in [4.69, 9.17) is 5.11 Å². The van der Waals surface area contributed by atoms with Crippen LogP contribution in [-0.4, -0.2) is 28.5 Å². The average molecular weight is 266 g/mol. The van der Waals surface area contributed by atoms with E-state index in [1.165, 1.54) is 24.3 Å². The van der Waals surface area contributed by atoms with Gasteiger partial charge in [-0.25, -0.2) is 0 Å². The first-order valence-electron chi connectivity index (χ1n) is 5.65. The van der Waals surface area contributed by atoms with E-state index >= 15 is 0 Å². The fourth-order valence-corrected chi connectivity index (χ4v) is 1.56. The van der Waals surface area contributed by atoms with Gasteiger partial charge in [-0.15, -0.1) is 0 Å². The van der Waals surface area contributed by atoms with Crippen molar-refractivity contribution in [1.82, 2.24) is 5.32 Å². The number of rotatable bonds is 6. The van der Waals surface area contributed by atoms with Gasteiger partial charge < -0.3 is 10.4 Å². The molecule has 1 unspecified atom stereocenters. The number of benzene rings is 1. The van der Waals surface area contributed by atoms with Gasteiger partial charge in [-0.1, -0.05) is 19.1 Å². The van der Waals surface area contributed by atoms with Crippen molar-refractivity contribution in [3.63, 3.8) is 0 Å². The lowest BCUT2D eigenvalue weighted by Gasteiger charge is -2.10. The van der Waals surface area contributed by atoms with Gasteiger partial charge in [0.25, 0.3) is 11.6 Å². The van der Waals surface area contributed by atoms with Gasteiger partial charge in [0.15, 0.2) is 0 Å². The molecule has 0 saturated carbocycles. The number of carbonyl (C=O) groups excluding carboxylic acids is 1. The first kappa shape index (κ1) is 14.6. The molecular formula is C12H14N2O5. The van der Waals surface area contributed by atoms with Crippen molar-refractivity contribution in [2.24, 2.45) is 5.92 Å². The molecule has 0 fully saturated rings. The molecule has 1 aromatic rings. The Morgan fingerprint density at radius 3 is 2.63 bits per heavy atom. The molecule has 1 atom stereocenters. The van der Waals surface area contributed by atoms with E-state index < -0.39 is 16.8 Å². The molecule has 0 saturated heterocycles. The zero-order chi connectivity index (χ0) is 14.4. The van der Waals surface area contributed by atoms with Crippen molar-refractivity contribution >= 4 is 17.6 Å². The van der Waals surface area contributed by atoms with Crippen LogP contribution < -0.4 is 5.32 Å². The van der Waals surface area contributed by atoms with Crippen LogP contribution in [0.3, 0.4) is 0 Å². The Kier molecular flexibility index (Phi) is 4.99. The lowest BCUT2D eigenvalue weighted by atomic mass is 10.1. The molecule has 2 N–H and O–H groups in total. The van der Waals surface area contributed by atoms with Crippen LogP contribution in [0.1, 0.15) is 23.7 Å². The molecule has 0 spiro atoms. The zero-order valence-corrected chi connectivity index (χ0v) is 10.3. The van der Waals surface area contributed by atoms with E-state index in [9.17, 15) is 19.7 Å². The van der Waals surface area contributed by atoms with Gasteiger partial charge in [0.1, 0.15) is 5.56 Å². The van der Waals surface area contributed by atoms with Gasteiger partial charge >= 0.3 is 5.97 Å². The van der Waals surface area contributed by atoms with E-state index in [2.05, 4.69) is 5.32 Å². The molecule has 19 heavy (non-hydrogen) atoms. The van der Waals surface area contributed by atoms with Crippen LogP contribution in [0.4, 0.5) is 5.69 Å². The molecule has 0 aliphatic carbocycles. The van der Waals surface area contributed by atoms with E-state index in [1.807, 2.05) is 0 Å². The Hall–Kier alpha value is -2.44. The zero-order valence-electron chi connectivity index (χ0n) is 10.3. The van der Waals surface area contributed by atoms with Gasteiger partial charge in [-0.3, -0.25) is 19.7 Å². The molecule has 1 aromatic carbocycles. The molecule has 0 heterocycles. The molecule has 0 radical (unpaired) electrons. The molecule has 0 aromatic heterocycles. The molecule has 7 heteroatoms. The molecule has 0 aliphatic heterocycles. The third kappa shape index (κ3) is 4.38. The summed E-state index contributed by atoms with van der Waals surface area (Å²) in [4.78, 5) is 32.4. The Balaban J connectivity index is 2.69. The van der Waals surface area contributed by atoms with Gasteiger partial charge in [0, 0.05) is 19.0 Å². The van der Waals surface area contributed by atoms with Crippen LogP contribution >= 0.6 is 0 Å². The first-order valence-corrected chi connectivity index (χ1v) is 5.65. The van der Waals surface area contributed by atoms with Crippen molar-refractivity contribution in [2.75, 3.05) is 6.54 Å². The summed E-state index contributed by atoms with van der Waals surface area (Å²) in [5.41, 5.74) is -0.305. The summed E-state index contributed by atoms with van der Waals surface area (Å²) in [5, 5.41) is 21.8. The predicted molar refractivity (Wildman–Crippen MR) is 66.8 cm³/mol. The van der Waals surface area contributed by atoms with Crippen LogP contribution in [0.2, 0.25) is 0 Å². The van der Waals surface area contributed by atoms with E-state index in [-0.39, 0.29) is 30.1 Å². The SMILES string of the molecule is CC(CNC(=O)c1ccccc1[N+](=O)[O-])CC(=O)O. The number of nitrogens with one attached hydrogen (secondary N) is 1. The second-order valence-electron chi connectivity index (χ2n) is 4.19. The van der Waals surface area contributed by atoms with Crippen LogP contribution in [0.25, 0.3) is 0 Å². The summed E-state index contributed by atoms with van der Waals surface area (Å²) in [7, 11) is 0. The standard InChI is InChI=1S/C12H14N2O5/c1-8(6-11(15)16)7-13-12(17)9-4-2-3-5-10(9)14(18)19/h2-5,8H,6-7H2,1H3,(H,13,17)(H,15,16). The summed E-state index contributed by atoms with van der Waals surface area (Å²) in [6, 6.07) is 5.61. The summed E-state index contributed by atoms with van der Waals surface area (Å²) in [6.07, 6.45) is -0.0723. The fourth-order valence-electron chi connectivity index (χ4n) is 1.56. The van der Waals surface area contributed by atoms with Gasteiger partial charge in [-0.2, -0.15) is 0 Å². The number of hydrogen-bond acceptors (Lipinski definition) is 4. The van der Waals surface area contributed by atoms with Crippen molar-refractivity contribution in [3.8, 4) is 0 Å². The van der Waals surface area contributed by atoms with Crippen LogP contribution in [-0.2, 0) is 4.79 Å². The van der Waals surface area contributed by atoms with Gasteiger partial charge in [0.05, 0.1) is 4.92 Å². The number of carboxylic acids is 1. The van der Waals surface area contributed by atoms with E-state index in [0.717, 1.165) is 0 Å². The third-order valence-electron chi connectivity index (χ3n) is 2.48. The molecule has 0 aliphatic rings. The highest BCUT2D eigenvalue weighted by Crippen LogP contribution is 2.17. The Morgan fingerprint density at radius 1 is 1.42 bits per heavy atom. The minimum absolute atomic E-state index is 0.0324. The number of hydrogen-bond donors (Lipinski definition) is 2. The summed E-state index contributed by atoms with van der Waals surface area (Å²) in [5.74, 6) is -1.78. The van der Waals surface area contributed by atoms with Crippen LogP contribution in [0.15, 0.2) is 24.3 Å². The number of amides is 1. The molecule has 102 valence electrons. The Labute approximate surface area is 109 Å². The lowest BCUT2D eigenvalue weighted by Crippen LogP contribution is -2.29. The monoisotopic (exact) mass is 266 g/mol. The fraction of sp³-hybridized carbons (Fsp3) is 0.333. The van der Waals surface area contributed by atoms with Crippen molar-refractivity contribution in [3.05, 3.63) is 39.9 Å². The number of nitro groups is 1. The minimum Gasteiger partial charge on any atom is -0.481 e. The number of carbonyl (C=O) groups is 2. The number of aliphatic carboxylic acids is 1. The number of carboxylic acid groups (broad SMARTS) is 1. The normalized spacial score (nSPS) is 11.6. The average Bonchev–Trinajstić information content (AvgIpc) is 2.35. The lowest BCUT2D eigenvalue weighted by molar-refractivity contribution is -0.385. The van der Waals surface area contributed by atoms with E-state index in [0.29, 0.717) is 0 Å². The summed E-state index contributed by atoms with van der Waals surface area (Å²) < 4.78 is 0. The molecule has 7 nitrogen and oxygen atoms in total. The quantitative estimate of drug-likeness (QED) is 0.598. The molecule has 1 rings (SSSR count). The molecular weight excluding hydrogens is 252 g/mol. The third-order valence-corrected chi connectivity index (χ3v) is 2.48. The smallest absolute Gasteiger partial charge is 0.303 e. The Bertz CT molecular complexity index is 501. The van der Waals surface area contributed by atoms with Gasteiger partial charge in [0.2, 0.25) is 0 Å². The van der Waals surface area contributed by atoms with Crippen molar-refractivity contribution < 1.29 is 19.6 Å². The van der Waals surface area contributed by atoms with Crippen LogP contribution in [0.5, 0.6) is 0 Å². The maximum atomic E-state index is 11.8. The van der Waals surface area contributed by atoms with Crippen molar-refractivity contribution in [1.29, 1.82) is 0 Å². The predicted octanol–water partition coefficient (Wildman–Crippen LogP) is 1.44. The second-order valence-corrected chi connectivity index (χ2v) is 4.19. The Morgan fingerprint density at radius 2 is 2.05 bits per heavy atom. The number of para-hydroxylation sites is 1. The summed E-state index contributed by atoms with van der Waals surface area (Å²) >= 11 is 0. The maximum Gasteiger partial charge on any atom is 0.303 e. The van der Waals surface area contributed by atoms with Gasteiger partial charge in [-0.05, 0) is 12.0 Å². The van der Waals surface area contributed by atoms with Crippen molar-refractivity contribution in [2.45, 2.75) is 13.3 Å². The van der Waals surface area contributed by atoms with Crippen LogP contribution in [0, 0.1) is 16.0 Å². The molecule has 1 amide bonds. The first-order chi connectivity index (χ1) is 8.91. The highest BCUT2D eigenvalue weighted by Gasteiger charge is 2.19. The number of nitrogens with zero attached hydrogens (tertiary/aromatic N) is 1. The largest absolute Gasteiger partial charge is 0.481 e. The highest BCUT2D eigenvalue weighted by molar-refractivity contribution is 5.98. The number of nitro benzene ring substituents is 1. The second kappa shape index (κ2) is 6.48. The topological polar surface area (TPSA) is 110 Å². The summed E-state index contributed by atoms with van der Waals surface area (Å²) in [6.45, 7) is 1.82. The highest BCUT2D eigenvalue weighted by atomic mass is 16.6.